The Kier molecular flexibility index (Phi) is 9.34. The SMILES string of the molecule is CC(NC(=O)C(NC(=O)OCc1ccccc1)C(C)C)C(=O)OCc1ccc([N+](=O)[O-])cc1. The van der Waals surface area contributed by atoms with Crippen molar-refractivity contribution in [1.29, 1.82) is 0 Å². The molecule has 2 aromatic rings. The number of carbonyl (C=O) groups excluding carboxylic acids is 3. The van der Waals surface area contributed by atoms with Crippen molar-refractivity contribution in [3.8, 4) is 0 Å². The van der Waals surface area contributed by atoms with Gasteiger partial charge in [-0.2, -0.15) is 0 Å². The lowest BCUT2D eigenvalue weighted by atomic mass is 10.0. The van der Waals surface area contributed by atoms with Gasteiger partial charge in [-0.15, -0.1) is 0 Å². The summed E-state index contributed by atoms with van der Waals surface area (Å²) in [7, 11) is 0. The molecule has 10 heteroatoms. The first-order valence-electron chi connectivity index (χ1n) is 10.3. The number of rotatable bonds is 10. The van der Waals surface area contributed by atoms with E-state index in [0.717, 1.165) is 5.56 Å². The second-order valence-corrected chi connectivity index (χ2v) is 7.69. The van der Waals surface area contributed by atoms with Crippen molar-refractivity contribution >= 4 is 23.7 Å². The van der Waals surface area contributed by atoms with Crippen molar-refractivity contribution in [3.05, 3.63) is 75.8 Å². The topological polar surface area (TPSA) is 137 Å². The van der Waals surface area contributed by atoms with Gasteiger partial charge in [0.1, 0.15) is 25.3 Å². The monoisotopic (exact) mass is 457 g/mol. The van der Waals surface area contributed by atoms with Gasteiger partial charge in [0.05, 0.1) is 4.92 Å². The minimum Gasteiger partial charge on any atom is -0.459 e. The van der Waals surface area contributed by atoms with Gasteiger partial charge in [0.15, 0.2) is 0 Å². The number of nitro groups is 1. The van der Waals surface area contributed by atoms with Crippen LogP contribution in [0.2, 0.25) is 0 Å². The average Bonchev–Trinajstić information content (AvgIpc) is 2.80. The van der Waals surface area contributed by atoms with E-state index in [-0.39, 0.29) is 24.8 Å². The third-order valence-corrected chi connectivity index (χ3v) is 4.68. The molecule has 2 unspecified atom stereocenters. The Hall–Kier alpha value is -3.95. The fourth-order valence-electron chi connectivity index (χ4n) is 2.78. The van der Waals surface area contributed by atoms with Crippen LogP contribution in [0.5, 0.6) is 0 Å². The number of hydrogen-bond acceptors (Lipinski definition) is 7. The summed E-state index contributed by atoms with van der Waals surface area (Å²) in [6.07, 6.45) is -0.749. The fraction of sp³-hybridized carbons (Fsp3) is 0.348. The molecule has 0 radical (unpaired) electrons. The van der Waals surface area contributed by atoms with Crippen molar-refractivity contribution in [2.45, 2.75) is 46.1 Å². The number of ether oxygens (including phenoxy) is 2. The molecule has 2 aromatic carbocycles. The summed E-state index contributed by atoms with van der Waals surface area (Å²) in [5.41, 5.74) is 1.30. The molecule has 2 amide bonds. The van der Waals surface area contributed by atoms with E-state index in [0.29, 0.717) is 5.56 Å². The second kappa shape index (κ2) is 12.2. The predicted molar refractivity (Wildman–Crippen MR) is 119 cm³/mol. The van der Waals surface area contributed by atoms with Crippen molar-refractivity contribution in [2.75, 3.05) is 0 Å². The molecule has 2 N–H and O–H groups in total. The van der Waals surface area contributed by atoms with Crippen molar-refractivity contribution in [1.82, 2.24) is 10.6 Å². The molecule has 2 atom stereocenters. The number of alkyl carbamates (subject to hydrolysis) is 1. The molecule has 33 heavy (non-hydrogen) atoms. The normalized spacial score (nSPS) is 12.4. The molecule has 0 aliphatic carbocycles. The number of carbonyl (C=O) groups is 3. The Balaban J connectivity index is 1.83. The van der Waals surface area contributed by atoms with Gasteiger partial charge in [-0.1, -0.05) is 44.2 Å². The van der Waals surface area contributed by atoms with Crippen LogP contribution in [0.25, 0.3) is 0 Å². The first-order valence-corrected chi connectivity index (χ1v) is 10.3. The standard InChI is InChI=1S/C23H27N3O7/c1-15(2)20(25-23(29)33-14-17-7-5-4-6-8-17)21(27)24-16(3)22(28)32-13-18-9-11-19(12-10-18)26(30)31/h4-12,15-16,20H,13-14H2,1-3H3,(H,24,27)(H,25,29). The van der Waals surface area contributed by atoms with E-state index in [9.17, 15) is 24.5 Å². The van der Waals surface area contributed by atoms with Crippen molar-refractivity contribution < 1.29 is 28.8 Å². The van der Waals surface area contributed by atoms with Crippen LogP contribution >= 0.6 is 0 Å². The van der Waals surface area contributed by atoms with Gasteiger partial charge in [0, 0.05) is 12.1 Å². The molecule has 2 rings (SSSR count). The number of hydrogen-bond donors (Lipinski definition) is 2. The minimum atomic E-state index is -0.973. The molecule has 0 bridgehead atoms. The fourth-order valence-corrected chi connectivity index (χ4v) is 2.78. The van der Waals surface area contributed by atoms with Crippen molar-refractivity contribution in [2.24, 2.45) is 5.92 Å². The second-order valence-electron chi connectivity index (χ2n) is 7.69. The van der Waals surface area contributed by atoms with Crippen molar-refractivity contribution in [3.63, 3.8) is 0 Å². The highest BCUT2D eigenvalue weighted by atomic mass is 16.6. The van der Waals surface area contributed by atoms with E-state index >= 15 is 0 Å². The van der Waals surface area contributed by atoms with E-state index in [1.807, 2.05) is 30.3 Å². The van der Waals surface area contributed by atoms with E-state index in [2.05, 4.69) is 10.6 Å². The third kappa shape index (κ3) is 8.24. The van der Waals surface area contributed by atoms with Gasteiger partial charge in [-0.05, 0) is 36.1 Å². The molecule has 10 nitrogen and oxygen atoms in total. The number of esters is 1. The number of nitro benzene ring substituents is 1. The highest BCUT2D eigenvalue weighted by Crippen LogP contribution is 2.13. The van der Waals surface area contributed by atoms with Crippen LogP contribution in [0.4, 0.5) is 10.5 Å². The van der Waals surface area contributed by atoms with Gasteiger partial charge in [0.2, 0.25) is 5.91 Å². The average molecular weight is 457 g/mol. The Morgan fingerprint density at radius 2 is 1.45 bits per heavy atom. The third-order valence-electron chi connectivity index (χ3n) is 4.68. The van der Waals surface area contributed by atoms with E-state index < -0.39 is 35.0 Å². The lowest BCUT2D eigenvalue weighted by Crippen LogP contribution is -2.53. The van der Waals surface area contributed by atoms with E-state index in [1.165, 1.54) is 31.2 Å². The number of nitrogens with one attached hydrogen (secondary N) is 2. The summed E-state index contributed by atoms with van der Waals surface area (Å²) in [6.45, 7) is 4.92. The molecule has 0 saturated heterocycles. The number of non-ortho nitro benzene ring substituents is 1. The highest BCUT2D eigenvalue weighted by molar-refractivity contribution is 5.89. The number of amides is 2. The minimum absolute atomic E-state index is 0.0600. The maximum Gasteiger partial charge on any atom is 0.408 e. The molecule has 0 aliphatic rings. The first kappa shape index (κ1) is 25.3. The molecular weight excluding hydrogens is 430 g/mol. The molecule has 0 aromatic heterocycles. The Morgan fingerprint density at radius 3 is 2.03 bits per heavy atom. The van der Waals surface area contributed by atoms with E-state index in [4.69, 9.17) is 9.47 Å². The van der Waals surface area contributed by atoms with Crippen LogP contribution < -0.4 is 10.6 Å². The molecule has 0 aliphatic heterocycles. The van der Waals surface area contributed by atoms with Crippen LogP contribution in [-0.4, -0.2) is 35.0 Å². The van der Waals surface area contributed by atoms with Gasteiger partial charge in [-0.25, -0.2) is 9.59 Å². The van der Waals surface area contributed by atoms with E-state index in [1.54, 1.807) is 13.8 Å². The molecule has 0 saturated carbocycles. The maximum atomic E-state index is 12.6. The predicted octanol–water partition coefficient (Wildman–Crippen LogP) is 3.09. The van der Waals surface area contributed by atoms with Gasteiger partial charge < -0.3 is 20.1 Å². The summed E-state index contributed by atoms with van der Waals surface area (Å²) < 4.78 is 10.3. The van der Waals surface area contributed by atoms with Gasteiger partial charge >= 0.3 is 12.1 Å². The summed E-state index contributed by atoms with van der Waals surface area (Å²) in [5.74, 6) is -1.50. The Bertz CT molecular complexity index is 962. The molecular formula is C23H27N3O7. The van der Waals surface area contributed by atoms with Crippen LogP contribution in [-0.2, 0) is 32.3 Å². The summed E-state index contributed by atoms with van der Waals surface area (Å²) >= 11 is 0. The zero-order valence-corrected chi connectivity index (χ0v) is 18.6. The Labute approximate surface area is 191 Å². The summed E-state index contributed by atoms with van der Waals surface area (Å²) in [4.78, 5) is 47.2. The first-order chi connectivity index (χ1) is 15.7. The number of benzene rings is 2. The molecule has 0 fully saturated rings. The summed E-state index contributed by atoms with van der Waals surface area (Å²) in [5, 5.41) is 15.7. The van der Waals surface area contributed by atoms with Crippen LogP contribution in [0.3, 0.4) is 0 Å². The molecule has 0 spiro atoms. The quantitative estimate of drug-likeness (QED) is 0.318. The zero-order chi connectivity index (χ0) is 24.4. The van der Waals surface area contributed by atoms with Crippen LogP contribution in [0, 0.1) is 16.0 Å². The number of nitrogens with zero attached hydrogens (tertiary/aromatic N) is 1. The lowest BCUT2D eigenvalue weighted by molar-refractivity contribution is -0.384. The van der Waals surface area contributed by atoms with Crippen LogP contribution in [0.1, 0.15) is 31.9 Å². The highest BCUT2D eigenvalue weighted by Gasteiger charge is 2.28. The van der Waals surface area contributed by atoms with Gasteiger partial charge in [0.25, 0.3) is 5.69 Å². The van der Waals surface area contributed by atoms with Gasteiger partial charge in [-0.3, -0.25) is 14.9 Å². The molecule has 0 heterocycles. The largest absolute Gasteiger partial charge is 0.459 e. The maximum absolute atomic E-state index is 12.6. The Morgan fingerprint density at radius 1 is 0.879 bits per heavy atom. The lowest BCUT2D eigenvalue weighted by Gasteiger charge is -2.23. The smallest absolute Gasteiger partial charge is 0.408 e. The zero-order valence-electron chi connectivity index (χ0n) is 18.6. The van der Waals surface area contributed by atoms with Crippen LogP contribution in [0.15, 0.2) is 54.6 Å². The molecule has 176 valence electrons. The summed E-state index contributed by atoms with van der Waals surface area (Å²) in [6, 6.07) is 12.8.